The zero-order valence-electron chi connectivity index (χ0n) is 12.5. The molecule has 1 aromatic carbocycles. The van der Waals surface area contributed by atoms with Crippen LogP contribution in [0.25, 0.3) is 11.0 Å². The number of furan rings is 1. The fourth-order valence-corrected chi connectivity index (χ4v) is 2.43. The number of aromatic nitrogens is 1. The van der Waals surface area contributed by atoms with Gasteiger partial charge in [-0.15, -0.1) is 0 Å². The minimum atomic E-state index is -0.0446. The van der Waals surface area contributed by atoms with E-state index in [2.05, 4.69) is 10.3 Å². The number of carbonyl (C=O) groups excluding carboxylic acids is 1. The van der Waals surface area contributed by atoms with Crippen LogP contribution in [0.15, 0.2) is 59.3 Å². The van der Waals surface area contributed by atoms with Gasteiger partial charge in [-0.1, -0.05) is 24.3 Å². The number of rotatable bonds is 5. The second-order valence-electron chi connectivity index (χ2n) is 5.33. The van der Waals surface area contributed by atoms with E-state index in [-0.39, 0.29) is 11.9 Å². The zero-order chi connectivity index (χ0) is 15.4. The summed E-state index contributed by atoms with van der Waals surface area (Å²) in [5.74, 6) is 0.849. The van der Waals surface area contributed by atoms with Crippen LogP contribution in [0, 0.1) is 0 Å². The van der Waals surface area contributed by atoms with E-state index in [1.807, 2.05) is 49.4 Å². The van der Waals surface area contributed by atoms with Crippen molar-refractivity contribution in [1.29, 1.82) is 0 Å². The van der Waals surface area contributed by atoms with E-state index in [0.717, 1.165) is 22.3 Å². The largest absolute Gasteiger partial charge is 0.461 e. The molecule has 0 aliphatic carbocycles. The molecule has 2 aromatic heterocycles. The molecule has 0 aliphatic rings. The summed E-state index contributed by atoms with van der Waals surface area (Å²) in [4.78, 5) is 16.1. The number of hydrogen-bond donors (Lipinski definition) is 1. The fraction of sp³-hybridized carbons (Fsp3) is 0.222. The van der Waals surface area contributed by atoms with Crippen LogP contribution in [0.4, 0.5) is 0 Å². The fourth-order valence-electron chi connectivity index (χ4n) is 2.43. The summed E-state index contributed by atoms with van der Waals surface area (Å²) in [5, 5.41) is 4.05. The first-order valence-corrected chi connectivity index (χ1v) is 7.39. The molecule has 0 unspecified atom stereocenters. The number of fused-ring (bicyclic) bond motifs is 1. The molecule has 112 valence electrons. The second kappa shape index (κ2) is 6.43. The lowest BCUT2D eigenvalue weighted by Crippen LogP contribution is -2.26. The maximum atomic E-state index is 12.0. The van der Waals surface area contributed by atoms with Gasteiger partial charge >= 0.3 is 0 Å². The smallest absolute Gasteiger partial charge is 0.220 e. The molecule has 4 heteroatoms. The SMILES string of the molecule is C[C@@H](NC(=O)CCc1cc2ccccc2o1)c1cccnc1. The Kier molecular flexibility index (Phi) is 4.19. The van der Waals surface area contributed by atoms with Crippen molar-refractivity contribution < 1.29 is 9.21 Å². The molecule has 0 spiro atoms. The highest BCUT2D eigenvalue weighted by atomic mass is 16.3. The third-order valence-corrected chi connectivity index (χ3v) is 3.64. The van der Waals surface area contributed by atoms with Crippen LogP contribution >= 0.6 is 0 Å². The maximum Gasteiger partial charge on any atom is 0.220 e. The van der Waals surface area contributed by atoms with Gasteiger partial charge in [-0.25, -0.2) is 0 Å². The Morgan fingerprint density at radius 1 is 1.27 bits per heavy atom. The number of pyridine rings is 1. The van der Waals surface area contributed by atoms with E-state index in [1.54, 1.807) is 12.4 Å². The molecule has 0 saturated heterocycles. The van der Waals surface area contributed by atoms with Crippen molar-refractivity contribution in [3.8, 4) is 0 Å². The van der Waals surface area contributed by atoms with Crippen LogP contribution in [-0.4, -0.2) is 10.9 Å². The predicted octanol–water partition coefficient (Wildman–Crippen LogP) is 3.64. The molecular weight excluding hydrogens is 276 g/mol. The molecule has 0 bridgehead atoms. The number of nitrogens with zero attached hydrogens (tertiary/aromatic N) is 1. The monoisotopic (exact) mass is 294 g/mol. The standard InChI is InChI=1S/C18H18N2O2/c1-13(15-6-4-10-19-12-15)20-18(21)9-8-16-11-14-5-2-3-7-17(14)22-16/h2-7,10-13H,8-9H2,1H3,(H,20,21)/t13-/m1/s1. The molecule has 22 heavy (non-hydrogen) atoms. The van der Waals surface area contributed by atoms with Crippen molar-refractivity contribution >= 4 is 16.9 Å². The van der Waals surface area contributed by atoms with E-state index in [0.29, 0.717) is 12.8 Å². The highest BCUT2D eigenvalue weighted by Crippen LogP contribution is 2.20. The molecule has 0 radical (unpaired) electrons. The summed E-state index contributed by atoms with van der Waals surface area (Å²) in [6, 6.07) is 13.6. The third kappa shape index (κ3) is 3.34. The van der Waals surface area contributed by atoms with Crippen molar-refractivity contribution in [2.75, 3.05) is 0 Å². The van der Waals surface area contributed by atoms with Crippen molar-refractivity contribution in [1.82, 2.24) is 10.3 Å². The normalized spacial score (nSPS) is 12.2. The molecular formula is C18H18N2O2. The highest BCUT2D eigenvalue weighted by Gasteiger charge is 2.11. The van der Waals surface area contributed by atoms with Gasteiger partial charge in [0.1, 0.15) is 11.3 Å². The lowest BCUT2D eigenvalue weighted by Gasteiger charge is -2.13. The van der Waals surface area contributed by atoms with Crippen molar-refractivity contribution in [3.05, 3.63) is 66.2 Å². The Bertz CT molecular complexity index is 732. The molecule has 4 nitrogen and oxygen atoms in total. The summed E-state index contributed by atoms with van der Waals surface area (Å²) in [6.07, 6.45) is 4.49. The number of nitrogens with one attached hydrogen (secondary N) is 1. The molecule has 1 N–H and O–H groups in total. The molecule has 0 saturated carbocycles. The Balaban J connectivity index is 1.56. The molecule has 3 aromatic rings. The Morgan fingerprint density at radius 3 is 2.91 bits per heavy atom. The van der Waals surface area contributed by atoms with Crippen LogP contribution in [0.3, 0.4) is 0 Å². The van der Waals surface area contributed by atoms with E-state index < -0.39 is 0 Å². The van der Waals surface area contributed by atoms with Crippen LogP contribution in [0.2, 0.25) is 0 Å². The lowest BCUT2D eigenvalue weighted by atomic mass is 10.1. The van der Waals surface area contributed by atoms with E-state index in [4.69, 9.17) is 4.42 Å². The molecule has 2 heterocycles. The van der Waals surface area contributed by atoms with Gasteiger partial charge < -0.3 is 9.73 Å². The molecule has 3 rings (SSSR count). The van der Waals surface area contributed by atoms with Crippen LogP contribution in [0.5, 0.6) is 0 Å². The van der Waals surface area contributed by atoms with Gasteiger partial charge in [0.05, 0.1) is 6.04 Å². The van der Waals surface area contributed by atoms with E-state index in [9.17, 15) is 4.79 Å². The molecule has 0 aliphatic heterocycles. The number of hydrogen-bond acceptors (Lipinski definition) is 3. The molecule has 0 fully saturated rings. The van der Waals surface area contributed by atoms with Crippen molar-refractivity contribution in [2.24, 2.45) is 0 Å². The number of amides is 1. The Labute approximate surface area is 129 Å². The van der Waals surface area contributed by atoms with Crippen LogP contribution in [-0.2, 0) is 11.2 Å². The number of para-hydroxylation sites is 1. The van der Waals surface area contributed by atoms with Crippen LogP contribution in [0.1, 0.15) is 30.7 Å². The first kappa shape index (κ1) is 14.3. The average molecular weight is 294 g/mol. The zero-order valence-corrected chi connectivity index (χ0v) is 12.5. The van der Waals surface area contributed by atoms with E-state index >= 15 is 0 Å². The minimum Gasteiger partial charge on any atom is -0.461 e. The molecule has 1 amide bonds. The summed E-state index contributed by atoms with van der Waals surface area (Å²) >= 11 is 0. The van der Waals surface area contributed by atoms with Crippen LogP contribution < -0.4 is 5.32 Å². The summed E-state index contributed by atoms with van der Waals surface area (Å²) in [7, 11) is 0. The first-order valence-electron chi connectivity index (χ1n) is 7.39. The summed E-state index contributed by atoms with van der Waals surface area (Å²) < 4.78 is 5.72. The average Bonchev–Trinajstić information content (AvgIpc) is 2.96. The van der Waals surface area contributed by atoms with Crippen molar-refractivity contribution in [2.45, 2.75) is 25.8 Å². The van der Waals surface area contributed by atoms with Crippen molar-refractivity contribution in [3.63, 3.8) is 0 Å². The topological polar surface area (TPSA) is 55.1 Å². The quantitative estimate of drug-likeness (QED) is 0.781. The van der Waals surface area contributed by atoms with Gasteiger partial charge in [-0.05, 0) is 30.7 Å². The Hall–Kier alpha value is -2.62. The van der Waals surface area contributed by atoms with Gasteiger partial charge in [-0.2, -0.15) is 0 Å². The highest BCUT2D eigenvalue weighted by molar-refractivity contribution is 5.79. The second-order valence-corrected chi connectivity index (χ2v) is 5.33. The van der Waals surface area contributed by atoms with Gasteiger partial charge in [-0.3, -0.25) is 9.78 Å². The Morgan fingerprint density at radius 2 is 2.14 bits per heavy atom. The van der Waals surface area contributed by atoms with E-state index in [1.165, 1.54) is 0 Å². The molecule has 1 atom stereocenters. The lowest BCUT2D eigenvalue weighted by molar-refractivity contribution is -0.121. The first-order chi connectivity index (χ1) is 10.7. The number of benzene rings is 1. The van der Waals surface area contributed by atoms with Gasteiger partial charge in [0.2, 0.25) is 5.91 Å². The van der Waals surface area contributed by atoms with Gasteiger partial charge in [0.25, 0.3) is 0 Å². The number of carbonyl (C=O) groups is 1. The number of aryl methyl sites for hydroxylation is 1. The van der Waals surface area contributed by atoms with Gasteiger partial charge in [0, 0.05) is 30.6 Å². The van der Waals surface area contributed by atoms with Gasteiger partial charge in [0.15, 0.2) is 0 Å². The minimum absolute atomic E-state index is 0.0109. The third-order valence-electron chi connectivity index (χ3n) is 3.64. The predicted molar refractivity (Wildman–Crippen MR) is 85.3 cm³/mol. The summed E-state index contributed by atoms with van der Waals surface area (Å²) in [6.45, 7) is 1.95. The summed E-state index contributed by atoms with van der Waals surface area (Å²) in [5.41, 5.74) is 1.86. The maximum absolute atomic E-state index is 12.0.